The van der Waals surface area contributed by atoms with Crippen molar-refractivity contribution in [2.24, 2.45) is 0 Å². The van der Waals surface area contributed by atoms with E-state index in [9.17, 15) is 20.0 Å². The summed E-state index contributed by atoms with van der Waals surface area (Å²) in [4.78, 5) is 21.9. The molecule has 0 amide bonds. The van der Waals surface area contributed by atoms with Crippen LogP contribution in [0.25, 0.3) is 5.69 Å². The third kappa shape index (κ3) is 2.76. The minimum absolute atomic E-state index is 0.0423. The lowest BCUT2D eigenvalue weighted by atomic mass is 9.90. The first-order valence-electron chi connectivity index (χ1n) is 6.29. The SMILES string of the molecule is CC(C)(C)c1nn(-c2ccccc2[N+](=O)[O-])cc1C(=O)O. The van der Waals surface area contributed by atoms with Crippen LogP contribution in [-0.2, 0) is 5.41 Å². The highest BCUT2D eigenvalue weighted by molar-refractivity contribution is 5.89. The monoisotopic (exact) mass is 289 g/mol. The highest BCUT2D eigenvalue weighted by Gasteiger charge is 2.27. The summed E-state index contributed by atoms with van der Waals surface area (Å²) in [6, 6.07) is 6.08. The summed E-state index contributed by atoms with van der Waals surface area (Å²) in [6.07, 6.45) is 1.31. The van der Waals surface area contributed by atoms with Crippen LogP contribution >= 0.6 is 0 Å². The van der Waals surface area contributed by atoms with Crippen molar-refractivity contribution >= 4 is 11.7 Å². The topological polar surface area (TPSA) is 98.3 Å². The first-order chi connectivity index (χ1) is 9.71. The zero-order chi connectivity index (χ0) is 15.8. The van der Waals surface area contributed by atoms with Crippen LogP contribution in [-0.4, -0.2) is 25.8 Å². The smallest absolute Gasteiger partial charge is 0.339 e. The maximum atomic E-state index is 11.3. The van der Waals surface area contributed by atoms with Gasteiger partial charge in [-0.1, -0.05) is 32.9 Å². The molecule has 0 atom stereocenters. The third-order valence-corrected chi connectivity index (χ3v) is 2.98. The number of hydrogen-bond acceptors (Lipinski definition) is 4. The number of para-hydroxylation sites is 2. The molecule has 0 bridgehead atoms. The number of nitrogens with zero attached hydrogens (tertiary/aromatic N) is 3. The fraction of sp³-hybridized carbons (Fsp3) is 0.286. The normalized spacial score (nSPS) is 11.4. The van der Waals surface area contributed by atoms with Crippen molar-refractivity contribution in [1.29, 1.82) is 0 Å². The predicted molar refractivity (Wildman–Crippen MR) is 75.9 cm³/mol. The van der Waals surface area contributed by atoms with Gasteiger partial charge in [0.15, 0.2) is 0 Å². The molecule has 110 valence electrons. The van der Waals surface area contributed by atoms with Gasteiger partial charge in [0, 0.05) is 17.7 Å². The van der Waals surface area contributed by atoms with Crippen LogP contribution in [0.5, 0.6) is 0 Å². The van der Waals surface area contributed by atoms with E-state index in [1.165, 1.54) is 23.0 Å². The number of hydrogen-bond donors (Lipinski definition) is 1. The lowest BCUT2D eigenvalue weighted by Crippen LogP contribution is -2.16. The lowest BCUT2D eigenvalue weighted by molar-refractivity contribution is -0.384. The van der Waals surface area contributed by atoms with Gasteiger partial charge in [-0.15, -0.1) is 0 Å². The molecule has 0 unspecified atom stereocenters. The van der Waals surface area contributed by atoms with Crippen LogP contribution in [0.4, 0.5) is 5.69 Å². The average Bonchev–Trinajstić information content (AvgIpc) is 2.83. The molecule has 1 N–H and O–H groups in total. The number of benzene rings is 1. The zero-order valence-corrected chi connectivity index (χ0v) is 11.9. The molecule has 0 saturated heterocycles. The Kier molecular flexibility index (Phi) is 3.51. The largest absolute Gasteiger partial charge is 0.478 e. The highest BCUT2D eigenvalue weighted by atomic mass is 16.6. The van der Waals surface area contributed by atoms with Crippen LogP contribution in [0.2, 0.25) is 0 Å². The van der Waals surface area contributed by atoms with Gasteiger partial charge in [0.05, 0.1) is 10.6 Å². The summed E-state index contributed by atoms with van der Waals surface area (Å²) in [7, 11) is 0. The molecule has 0 fully saturated rings. The molecule has 0 spiro atoms. The summed E-state index contributed by atoms with van der Waals surface area (Å²) in [5.74, 6) is -1.11. The summed E-state index contributed by atoms with van der Waals surface area (Å²) < 4.78 is 1.25. The molecule has 1 aromatic carbocycles. The van der Waals surface area contributed by atoms with Gasteiger partial charge in [-0.25, -0.2) is 9.48 Å². The van der Waals surface area contributed by atoms with Crippen LogP contribution in [0, 0.1) is 10.1 Å². The molecule has 0 aliphatic heterocycles. The molecular formula is C14H15N3O4. The lowest BCUT2D eigenvalue weighted by Gasteiger charge is -2.15. The van der Waals surface area contributed by atoms with E-state index >= 15 is 0 Å². The fourth-order valence-corrected chi connectivity index (χ4v) is 2.02. The van der Waals surface area contributed by atoms with E-state index in [0.29, 0.717) is 5.69 Å². The Hall–Kier alpha value is -2.70. The minimum Gasteiger partial charge on any atom is -0.478 e. The summed E-state index contributed by atoms with van der Waals surface area (Å²) >= 11 is 0. The van der Waals surface area contributed by atoms with E-state index in [1.54, 1.807) is 12.1 Å². The van der Waals surface area contributed by atoms with Crippen LogP contribution in [0.3, 0.4) is 0 Å². The number of aromatic carboxylic acids is 1. The van der Waals surface area contributed by atoms with Crippen molar-refractivity contribution in [2.45, 2.75) is 26.2 Å². The Balaban J connectivity index is 2.67. The fourth-order valence-electron chi connectivity index (χ4n) is 2.02. The molecule has 1 aromatic heterocycles. The van der Waals surface area contributed by atoms with Gasteiger partial charge in [-0.05, 0) is 6.07 Å². The second-order valence-corrected chi connectivity index (χ2v) is 5.64. The molecule has 0 aliphatic rings. The Morgan fingerprint density at radius 3 is 2.43 bits per heavy atom. The third-order valence-electron chi connectivity index (χ3n) is 2.98. The molecule has 7 heteroatoms. The quantitative estimate of drug-likeness (QED) is 0.692. The summed E-state index contributed by atoms with van der Waals surface area (Å²) in [5, 5.41) is 24.6. The van der Waals surface area contributed by atoms with Crippen LogP contribution < -0.4 is 0 Å². The number of carboxylic acid groups (broad SMARTS) is 1. The first-order valence-corrected chi connectivity index (χ1v) is 6.29. The number of rotatable bonds is 3. The zero-order valence-electron chi connectivity index (χ0n) is 11.9. The van der Waals surface area contributed by atoms with Gasteiger partial charge in [-0.3, -0.25) is 10.1 Å². The van der Waals surface area contributed by atoms with Crippen molar-refractivity contribution in [1.82, 2.24) is 9.78 Å². The minimum atomic E-state index is -1.11. The maximum absolute atomic E-state index is 11.3. The molecule has 2 aromatic rings. The molecule has 0 radical (unpaired) electrons. The Bertz CT molecular complexity index is 713. The number of carboxylic acids is 1. The molecule has 0 saturated carbocycles. The number of carbonyl (C=O) groups is 1. The van der Waals surface area contributed by atoms with E-state index in [2.05, 4.69) is 5.10 Å². The van der Waals surface area contributed by atoms with Crippen LogP contribution in [0.1, 0.15) is 36.8 Å². The Morgan fingerprint density at radius 1 is 1.33 bits per heavy atom. The van der Waals surface area contributed by atoms with E-state index in [-0.39, 0.29) is 16.9 Å². The highest BCUT2D eigenvalue weighted by Crippen LogP contribution is 2.28. The van der Waals surface area contributed by atoms with Crippen molar-refractivity contribution in [2.75, 3.05) is 0 Å². The summed E-state index contributed by atoms with van der Waals surface area (Å²) in [5.41, 5.74) is 0.0504. The van der Waals surface area contributed by atoms with E-state index < -0.39 is 16.3 Å². The second kappa shape index (κ2) is 5.01. The molecule has 7 nitrogen and oxygen atoms in total. The van der Waals surface area contributed by atoms with Gasteiger partial charge < -0.3 is 5.11 Å². The Labute approximate surface area is 121 Å². The standard InChI is InChI=1S/C14H15N3O4/c1-14(2,3)12-9(13(18)19)8-16(15-12)10-6-4-5-7-11(10)17(20)21/h4-8H,1-3H3,(H,18,19). The number of aromatic nitrogens is 2. The average molecular weight is 289 g/mol. The van der Waals surface area contributed by atoms with Gasteiger partial charge in [0.1, 0.15) is 11.3 Å². The molecule has 2 rings (SSSR count). The maximum Gasteiger partial charge on any atom is 0.339 e. The van der Waals surface area contributed by atoms with Gasteiger partial charge in [0.2, 0.25) is 0 Å². The van der Waals surface area contributed by atoms with Crippen LogP contribution in [0.15, 0.2) is 30.5 Å². The van der Waals surface area contributed by atoms with Crippen molar-refractivity contribution in [3.8, 4) is 5.69 Å². The predicted octanol–water partition coefficient (Wildman–Crippen LogP) is 2.78. The van der Waals surface area contributed by atoms with Crippen molar-refractivity contribution in [3.63, 3.8) is 0 Å². The van der Waals surface area contributed by atoms with Crippen molar-refractivity contribution < 1.29 is 14.8 Å². The summed E-state index contributed by atoms with van der Waals surface area (Å²) in [6.45, 7) is 5.52. The van der Waals surface area contributed by atoms with E-state index in [0.717, 1.165) is 0 Å². The molecular weight excluding hydrogens is 274 g/mol. The molecule has 0 aliphatic carbocycles. The van der Waals surface area contributed by atoms with E-state index in [1.807, 2.05) is 20.8 Å². The molecule has 1 heterocycles. The molecule has 21 heavy (non-hydrogen) atoms. The number of nitro groups is 1. The van der Waals surface area contributed by atoms with Crippen molar-refractivity contribution in [3.05, 3.63) is 51.8 Å². The Morgan fingerprint density at radius 2 is 1.95 bits per heavy atom. The van der Waals surface area contributed by atoms with Gasteiger partial charge in [0.25, 0.3) is 5.69 Å². The number of nitro benzene ring substituents is 1. The van der Waals surface area contributed by atoms with E-state index in [4.69, 9.17) is 0 Å². The van der Waals surface area contributed by atoms with Gasteiger partial charge in [-0.2, -0.15) is 5.10 Å². The van der Waals surface area contributed by atoms with Gasteiger partial charge >= 0.3 is 5.97 Å². The second-order valence-electron chi connectivity index (χ2n) is 5.64. The first kappa shape index (κ1) is 14.7.